The highest BCUT2D eigenvalue weighted by atomic mass is 19.4. The first kappa shape index (κ1) is 24.2. The number of hydrogen-bond acceptors (Lipinski definition) is 5. The molecule has 2 amide bonds. The van der Waals surface area contributed by atoms with Gasteiger partial charge in [-0.3, -0.25) is 14.7 Å². The number of pyridine rings is 1. The number of methoxy groups -OCH3 is 1. The number of alkyl halides is 3. The fourth-order valence-corrected chi connectivity index (χ4v) is 3.88. The Morgan fingerprint density at radius 3 is 2.59 bits per heavy atom. The Kier molecular flexibility index (Phi) is 6.47. The van der Waals surface area contributed by atoms with Crippen molar-refractivity contribution in [2.75, 3.05) is 14.1 Å². The first-order valence-electron chi connectivity index (χ1n) is 11.5. The fourth-order valence-electron chi connectivity index (χ4n) is 3.88. The van der Waals surface area contributed by atoms with Gasteiger partial charge in [0.05, 0.1) is 25.6 Å². The molecule has 0 aliphatic heterocycles. The summed E-state index contributed by atoms with van der Waals surface area (Å²) in [5, 5.41) is 12.3. The molecular weight excluding hydrogens is 494 g/mol. The van der Waals surface area contributed by atoms with Gasteiger partial charge in [0.15, 0.2) is 5.69 Å². The van der Waals surface area contributed by atoms with E-state index < -0.39 is 42.2 Å². The van der Waals surface area contributed by atoms with Crippen molar-refractivity contribution in [1.29, 1.82) is 0 Å². The molecule has 0 aliphatic rings. The van der Waals surface area contributed by atoms with Gasteiger partial charge in [0.2, 0.25) is 5.88 Å². The molecule has 4 rings (SSSR count). The van der Waals surface area contributed by atoms with E-state index in [4.69, 9.17) is 6.11 Å². The predicted octanol–water partition coefficient (Wildman–Crippen LogP) is 4.64. The number of carbonyl (C=O) groups excluding carboxylic acids is 2. The largest absolute Gasteiger partial charge is 0.480 e. The molecule has 0 saturated heterocycles. The zero-order valence-electron chi connectivity index (χ0n) is 20.5. The van der Waals surface area contributed by atoms with E-state index >= 15 is 0 Å². The molecule has 0 aliphatic carbocycles. The lowest BCUT2D eigenvalue weighted by Gasteiger charge is -2.20. The minimum atomic E-state index is -4.76. The van der Waals surface area contributed by atoms with Crippen molar-refractivity contribution in [3.8, 4) is 17.0 Å². The van der Waals surface area contributed by atoms with Crippen LogP contribution < -0.4 is 15.4 Å². The van der Waals surface area contributed by atoms with E-state index in [9.17, 15) is 27.2 Å². The van der Waals surface area contributed by atoms with Gasteiger partial charge >= 0.3 is 6.18 Å². The second kappa shape index (κ2) is 9.88. The second-order valence-corrected chi connectivity index (χ2v) is 8.06. The van der Waals surface area contributed by atoms with Crippen molar-refractivity contribution in [2.45, 2.75) is 19.1 Å². The van der Waals surface area contributed by atoms with Crippen molar-refractivity contribution in [1.82, 2.24) is 25.8 Å². The van der Waals surface area contributed by atoms with Crippen molar-refractivity contribution in [3.63, 3.8) is 0 Å². The number of hydrogen-bond donors (Lipinski definition) is 3. The number of benzene rings is 2. The summed E-state index contributed by atoms with van der Waals surface area (Å²) in [6, 6.07) is 7.24. The Morgan fingerprint density at radius 2 is 1.89 bits per heavy atom. The van der Waals surface area contributed by atoms with Crippen LogP contribution in [0.4, 0.5) is 17.6 Å². The number of carbonyl (C=O) groups is 2. The van der Waals surface area contributed by atoms with E-state index in [1.165, 1.54) is 26.2 Å². The van der Waals surface area contributed by atoms with Crippen LogP contribution in [-0.4, -0.2) is 41.1 Å². The van der Waals surface area contributed by atoms with Gasteiger partial charge < -0.3 is 15.4 Å². The summed E-state index contributed by atoms with van der Waals surface area (Å²) in [5.74, 6) is -2.29. The number of rotatable bonds is 6. The van der Waals surface area contributed by atoms with Gasteiger partial charge in [-0.2, -0.15) is 18.3 Å². The minimum absolute atomic E-state index is 0.137. The smallest absolute Gasteiger partial charge is 0.416 e. The molecule has 1 unspecified atom stereocenters. The first-order chi connectivity index (χ1) is 18.0. The van der Waals surface area contributed by atoms with Gasteiger partial charge in [0, 0.05) is 24.2 Å². The van der Waals surface area contributed by atoms with Gasteiger partial charge in [-0.15, -0.1) is 0 Å². The highest BCUT2D eigenvalue weighted by molar-refractivity contribution is 6.05. The van der Waals surface area contributed by atoms with E-state index in [-0.39, 0.29) is 23.0 Å². The number of nitrogens with zero attached hydrogens (tertiary/aromatic N) is 2. The molecule has 0 fully saturated rings. The first-order valence-corrected chi connectivity index (χ1v) is 10.8. The summed E-state index contributed by atoms with van der Waals surface area (Å²) in [5.41, 5.74) is 0.108. The van der Waals surface area contributed by atoms with Crippen LogP contribution in [0.5, 0.6) is 5.88 Å². The Labute approximate surface area is 209 Å². The average Bonchev–Trinajstić information content (AvgIpc) is 3.31. The van der Waals surface area contributed by atoms with Gasteiger partial charge in [-0.05, 0) is 54.4 Å². The number of aromatic amines is 1. The molecule has 4 aromatic rings. The summed E-state index contributed by atoms with van der Waals surface area (Å²) < 4.78 is 66.7. The number of halogens is 4. The number of ether oxygens (including phenoxy) is 1. The molecule has 3 N–H and O–H groups in total. The third-order valence-electron chi connectivity index (χ3n) is 5.70. The molecule has 2 aromatic heterocycles. The molecule has 1 atom stereocenters. The highest BCUT2D eigenvalue weighted by Crippen LogP contribution is 2.35. The van der Waals surface area contributed by atoms with Crippen LogP contribution in [0.2, 0.25) is 0 Å². The van der Waals surface area contributed by atoms with Crippen LogP contribution >= 0.6 is 0 Å². The van der Waals surface area contributed by atoms with Crippen LogP contribution in [0, 0.1) is 5.82 Å². The Bertz CT molecular complexity index is 1520. The van der Waals surface area contributed by atoms with Gasteiger partial charge in [-0.1, -0.05) is 6.07 Å². The van der Waals surface area contributed by atoms with Crippen molar-refractivity contribution < 1.29 is 33.3 Å². The lowest BCUT2D eigenvalue weighted by atomic mass is 10.00. The summed E-state index contributed by atoms with van der Waals surface area (Å²) in [7, 11) is 0.918. The lowest BCUT2D eigenvalue weighted by Crippen LogP contribution is -2.29. The van der Waals surface area contributed by atoms with E-state index in [1.807, 2.05) is 0 Å². The SMILES string of the molecule is [2H]COc1ncc(-c2ccc3c(C(=O)NC)n[nH]c3c2)cc1C(=O)NC(C)c1cc(F)ccc1C(F)(F)F. The van der Waals surface area contributed by atoms with E-state index in [2.05, 4.69) is 25.8 Å². The minimum Gasteiger partial charge on any atom is -0.480 e. The number of aromatic nitrogens is 3. The zero-order chi connectivity index (χ0) is 27.6. The summed E-state index contributed by atoms with van der Waals surface area (Å²) in [6.07, 6.45) is -3.36. The summed E-state index contributed by atoms with van der Waals surface area (Å²) in [4.78, 5) is 29.2. The molecule has 0 saturated carbocycles. The second-order valence-electron chi connectivity index (χ2n) is 8.06. The molecule has 2 aromatic carbocycles. The highest BCUT2D eigenvalue weighted by Gasteiger charge is 2.35. The van der Waals surface area contributed by atoms with E-state index in [0.717, 1.165) is 6.07 Å². The van der Waals surface area contributed by atoms with E-state index in [1.54, 1.807) is 18.2 Å². The molecule has 0 bridgehead atoms. The zero-order valence-corrected chi connectivity index (χ0v) is 19.5. The molecule has 37 heavy (non-hydrogen) atoms. The normalized spacial score (nSPS) is 12.6. The Morgan fingerprint density at radius 1 is 1.11 bits per heavy atom. The monoisotopic (exact) mass is 516 g/mol. The quantitative estimate of drug-likeness (QED) is 0.324. The van der Waals surface area contributed by atoms with E-state index in [0.29, 0.717) is 34.2 Å². The predicted molar refractivity (Wildman–Crippen MR) is 127 cm³/mol. The van der Waals surface area contributed by atoms with Crippen LogP contribution in [0.25, 0.3) is 22.0 Å². The van der Waals surface area contributed by atoms with Gasteiger partial charge in [0.25, 0.3) is 11.8 Å². The molecule has 0 spiro atoms. The van der Waals surface area contributed by atoms with Crippen molar-refractivity contribution >= 4 is 22.7 Å². The van der Waals surface area contributed by atoms with Gasteiger partial charge in [0.1, 0.15) is 11.4 Å². The van der Waals surface area contributed by atoms with Crippen LogP contribution in [-0.2, 0) is 6.18 Å². The molecule has 2 heterocycles. The Balaban J connectivity index is 1.69. The van der Waals surface area contributed by atoms with Crippen molar-refractivity contribution in [3.05, 3.63) is 76.9 Å². The third kappa shape index (κ3) is 5.08. The Hall–Kier alpha value is -4.48. The maximum Gasteiger partial charge on any atom is 0.416 e. The maximum atomic E-state index is 13.8. The van der Waals surface area contributed by atoms with Gasteiger partial charge in [-0.25, -0.2) is 9.37 Å². The van der Waals surface area contributed by atoms with Crippen molar-refractivity contribution in [2.24, 2.45) is 0 Å². The summed E-state index contributed by atoms with van der Waals surface area (Å²) >= 11 is 0. The molecule has 0 radical (unpaired) electrons. The standard InChI is InChI=1S/C25H21F4N5O3/c1-12(17-10-15(26)5-7-19(17)25(27,28)29)32-22(35)18-8-14(11-31-24(18)37-3)13-4-6-16-20(9-13)33-34-21(16)23(36)30-2/h4-12H,1-3H3,(H,30,36)(H,32,35)(H,33,34)/i3D. The van der Waals surface area contributed by atoms with Crippen LogP contribution in [0.3, 0.4) is 0 Å². The average molecular weight is 516 g/mol. The molecule has 192 valence electrons. The lowest BCUT2D eigenvalue weighted by molar-refractivity contribution is -0.138. The number of amides is 2. The fraction of sp³-hybridized carbons (Fsp3) is 0.200. The number of H-pyrrole nitrogens is 1. The molecular formula is C25H21F4N5O3. The summed E-state index contributed by atoms with van der Waals surface area (Å²) in [6.45, 7) is 1.29. The topological polar surface area (TPSA) is 109 Å². The number of fused-ring (bicyclic) bond motifs is 1. The molecule has 12 heteroatoms. The number of nitrogens with one attached hydrogen (secondary N) is 3. The molecule has 8 nitrogen and oxygen atoms in total. The maximum absolute atomic E-state index is 13.8. The third-order valence-corrected chi connectivity index (χ3v) is 5.70. The van der Waals surface area contributed by atoms with Crippen LogP contribution in [0.15, 0.2) is 48.7 Å². The van der Waals surface area contributed by atoms with Crippen LogP contribution in [0.1, 0.15) is 46.3 Å².